The molecule has 188 valence electrons. The molecule has 2 saturated heterocycles. The van der Waals surface area contributed by atoms with Crippen molar-refractivity contribution in [3.8, 4) is 11.5 Å². The van der Waals surface area contributed by atoms with Crippen LogP contribution in [-0.2, 0) is 21.4 Å². The van der Waals surface area contributed by atoms with Crippen molar-refractivity contribution in [2.75, 3.05) is 39.4 Å². The second-order valence-electron chi connectivity index (χ2n) is 9.55. The third-order valence-corrected chi connectivity index (χ3v) is 8.94. The largest absolute Gasteiger partial charge is 0.490 e. The third-order valence-electron chi connectivity index (χ3n) is 7.05. The van der Waals surface area contributed by atoms with Crippen LogP contribution < -0.4 is 14.8 Å². The van der Waals surface area contributed by atoms with Crippen molar-refractivity contribution in [1.82, 2.24) is 14.5 Å². The number of amides is 1. The Kier molecular flexibility index (Phi) is 7.27. The molecule has 0 bridgehead atoms. The highest BCUT2D eigenvalue weighted by atomic mass is 32.2. The second-order valence-corrected chi connectivity index (χ2v) is 11.5. The minimum absolute atomic E-state index is 0.0455. The first-order chi connectivity index (χ1) is 17.0. The third kappa shape index (κ3) is 5.63. The van der Waals surface area contributed by atoms with E-state index in [1.54, 1.807) is 18.2 Å². The highest BCUT2D eigenvalue weighted by Gasteiger charge is 2.34. The summed E-state index contributed by atoms with van der Waals surface area (Å²) < 4.78 is 39.2. The van der Waals surface area contributed by atoms with Gasteiger partial charge in [0.25, 0.3) is 0 Å². The molecular formula is C26H33N3O5S. The van der Waals surface area contributed by atoms with Gasteiger partial charge < -0.3 is 14.8 Å². The normalized spacial score (nSPS) is 22.0. The molecule has 0 spiro atoms. The highest BCUT2D eigenvalue weighted by Crippen LogP contribution is 2.34. The van der Waals surface area contributed by atoms with Gasteiger partial charge in [0, 0.05) is 57.2 Å². The lowest BCUT2D eigenvalue weighted by Gasteiger charge is -2.31. The summed E-state index contributed by atoms with van der Waals surface area (Å²) in [5, 5.41) is 3.21. The maximum absolute atomic E-state index is 13.2. The van der Waals surface area contributed by atoms with Gasteiger partial charge in [-0.15, -0.1) is 0 Å². The number of fused-ring (bicyclic) bond motifs is 1. The van der Waals surface area contributed by atoms with E-state index >= 15 is 0 Å². The van der Waals surface area contributed by atoms with Gasteiger partial charge in [-0.3, -0.25) is 9.69 Å². The maximum atomic E-state index is 13.2. The van der Waals surface area contributed by atoms with E-state index in [-0.39, 0.29) is 22.8 Å². The van der Waals surface area contributed by atoms with E-state index in [1.165, 1.54) is 9.87 Å². The van der Waals surface area contributed by atoms with Gasteiger partial charge in [0.2, 0.25) is 15.9 Å². The topological polar surface area (TPSA) is 88.2 Å². The Morgan fingerprint density at radius 2 is 1.69 bits per heavy atom. The van der Waals surface area contributed by atoms with E-state index in [9.17, 15) is 13.2 Å². The van der Waals surface area contributed by atoms with Crippen molar-refractivity contribution in [1.29, 1.82) is 0 Å². The van der Waals surface area contributed by atoms with Crippen molar-refractivity contribution in [3.63, 3.8) is 0 Å². The molecule has 3 aliphatic rings. The Morgan fingerprint density at radius 3 is 2.46 bits per heavy atom. The quantitative estimate of drug-likeness (QED) is 0.658. The van der Waals surface area contributed by atoms with Crippen LogP contribution in [0.3, 0.4) is 0 Å². The van der Waals surface area contributed by atoms with Gasteiger partial charge >= 0.3 is 0 Å². The molecule has 9 heteroatoms. The number of hydrogen-bond donors (Lipinski definition) is 1. The summed E-state index contributed by atoms with van der Waals surface area (Å²) in [6.45, 7) is 4.43. The number of benzene rings is 2. The molecule has 2 fully saturated rings. The smallest absolute Gasteiger partial charge is 0.243 e. The molecular weight excluding hydrogens is 466 g/mol. The van der Waals surface area contributed by atoms with Gasteiger partial charge in [-0.2, -0.15) is 4.31 Å². The molecule has 5 rings (SSSR count). The van der Waals surface area contributed by atoms with Gasteiger partial charge in [-0.25, -0.2) is 8.42 Å². The fourth-order valence-corrected chi connectivity index (χ4v) is 6.55. The monoisotopic (exact) mass is 499 g/mol. The number of hydrogen-bond acceptors (Lipinski definition) is 6. The highest BCUT2D eigenvalue weighted by molar-refractivity contribution is 7.89. The first-order valence-electron chi connectivity index (χ1n) is 12.5. The summed E-state index contributed by atoms with van der Waals surface area (Å²) >= 11 is 0. The Hall–Kier alpha value is -2.62. The van der Waals surface area contributed by atoms with Crippen LogP contribution in [0.5, 0.6) is 11.5 Å². The number of carbonyl (C=O) groups is 1. The van der Waals surface area contributed by atoms with Crippen molar-refractivity contribution in [2.45, 2.75) is 43.2 Å². The lowest BCUT2D eigenvalue weighted by Crippen LogP contribution is -2.45. The van der Waals surface area contributed by atoms with Crippen LogP contribution in [0.4, 0.5) is 0 Å². The van der Waals surface area contributed by atoms with Crippen LogP contribution in [-0.4, -0.2) is 69.0 Å². The van der Waals surface area contributed by atoms with Gasteiger partial charge in [0.15, 0.2) is 11.5 Å². The number of nitrogens with one attached hydrogen (secondary N) is 1. The van der Waals surface area contributed by atoms with E-state index in [1.807, 2.05) is 18.2 Å². The van der Waals surface area contributed by atoms with E-state index in [2.05, 4.69) is 22.3 Å². The molecule has 0 radical (unpaired) electrons. The summed E-state index contributed by atoms with van der Waals surface area (Å²) in [5.74, 6) is 0.930. The fourth-order valence-electron chi connectivity index (χ4n) is 5.07. The van der Waals surface area contributed by atoms with Crippen LogP contribution >= 0.6 is 0 Å². The number of carbonyl (C=O) groups excluding carboxylic acids is 1. The zero-order chi connectivity index (χ0) is 24.3. The number of sulfonamides is 1. The molecule has 2 aromatic carbocycles. The summed E-state index contributed by atoms with van der Waals surface area (Å²) in [6, 6.07) is 15.3. The molecule has 0 aliphatic carbocycles. The van der Waals surface area contributed by atoms with Crippen molar-refractivity contribution in [2.24, 2.45) is 5.92 Å². The summed E-state index contributed by atoms with van der Waals surface area (Å²) in [4.78, 5) is 15.5. The molecule has 2 aromatic rings. The predicted molar refractivity (Wildman–Crippen MR) is 132 cm³/mol. The first kappa shape index (κ1) is 24.1. The Labute approximate surface area is 207 Å². The van der Waals surface area contributed by atoms with Gasteiger partial charge in [0.05, 0.1) is 18.1 Å². The molecule has 1 amide bonds. The predicted octanol–water partition coefficient (Wildman–Crippen LogP) is 2.64. The molecule has 0 aromatic heterocycles. The van der Waals surface area contributed by atoms with E-state index in [0.717, 1.165) is 32.5 Å². The summed E-state index contributed by atoms with van der Waals surface area (Å²) in [7, 11) is -3.66. The number of nitrogens with zero attached hydrogens (tertiary/aromatic N) is 2. The lowest BCUT2D eigenvalue weighted by atomic mass is 9.97. The van der Waals surface area contributed by atoms with Gasteiger partial charge in [0.1, 0.15) is 0 Å². The summed E-state index contributed by atoms with van der Waals surface area (Å²) in [5.41, 5.74) is 1.28. The minimum Gasteiger partial charge on any atom is -0.490 e. The van der Waals surface area contributed by atoms with E-state index in [4.69, 9.17) is 9.47 Å². The number of rotatable bonds is 6. The molecule has 1 N–H and O–H groups in total. The molecule has 0 unspecified atom stereocenters. The molecule has 35 heavy (non-hydrogen) atoms. The van der Waals surface area contributed by atoms with Crippen LogP contribution in [0.1, 0.15) is 31.2 Å². The number of piperidine rings is 1. The Bertz CT molecular complexity index is 1130. The van der Waals surface area contributed by atoms with E-state index in [0.29, 0.717) is 50.6 Å². The summed E-state index contributed by atoms with van der Waals surface area (Å²) in [6.07, 6.45) is 2.75. The van der Waals surface area contributed by atoms with Crippen LogP contribution in [0.25, 0.3) is 0 Å². The molecule has 1 atom stereocenters. The maximum Gasteiger partial charge on any atom is 0.243 e. The van der Waals surface area contributed by atoms with Crippen LogP contribution in [0.15, 0.2) is 53.4 Å². The average molecular weight is 500 g/mol. The second kappa shape index (κ2) is 10.6. The standard InChI is InChI=1S/C26H33N3O5S/c30-26(27-22-11-12-28(19-22)18-20-5-2-1-3-6-20)21-9-13-29(14-10-21)35(31,32)23-7-8-24-25(17-23)34-16-4-15-33-24/h1-3,5-8,17,21-22H,4,9-16,18-19H2,(H,27,30)/t22-/m0/s1. The van der Waals surface area contributed by atoms with Gasteiger partial charge in [-0.1, -0.05) is 30.3 Å². The van der Waals surface area contributed by atoms with Crippen LogP contribution in [0.2, 0.25) is 0 Å². The Morgan fingerprint density at radius 1 is 0.943 bits per heavy atom. The zero-order valence-corrected chi connectivity index (χ0v) is 20.7. The number of ether oxygens (including phenoxy) is 2. The van der Waals surface area contributed by atoms with Crippen LogP contribution in [0, 0.1) is 5.92 Å². The number of likely N-dealkylation sites (tertiary alicyclic amines) is 1. The van der Waals surface area contributed by atoms with E-state index < -0.39 is 10.0 Å². The zero-order valence-electron chi connectivity index (χ0n) is 19.9. The molecule has 3 aliphatic heterocycles. The van der Waals surface area contributed by atoms with Gasteiger partial charge in [-0.05, 0) is 37.0 Å². The van der Waals surface area contributed by atoms with Crippen molar-refractivity contribution < 1.29 is 22.7 Å². The SMILES string of the molecule is O=C(N[C@H]1CCN(Cc2ccccc2)C1)C1CCN(S(=O)(=O)c2ccc3c(c2)OCCCO3)CC1. The lowest BCUT2D eigenvalue weighted by molar-refractivity contribution is -0.126. The first-order valence-corrected chi connectivity index (χ1v) is 13.9. The van der Waals surface area contributed by atoms with Crippen molar-refractivity contribution in [3.05, 3.63) is 54.1 Å². The van der Waals surface area contributed by atoms with Crippen molar-refractivity contribution >= 4 is 15.9 Å². The Balaban J connectivity index is 1.12. The fraction of sp³-hybridized carbons (Fsp3) is 0.500. The average Bonchev–Trinajstić information content (AvgIpc) is 3.17. The molecule has 8 nitrogen and oxygen atoms in total. The minimum atomic E-state index is -3.66. The molecule has 3 heterocycles. The molecule has 0 saturated carbocycles.